The van der Waals surface area contributed by atoms with Crippen molar-refractivity contribution in [1.29, 1.82) is 0 Å². The molecule has 3 heteroatoms. The van der Waals surface area contributed by atoms with Crippen LogP contribution in [0, 0.1) is 6.92 Å². The zero-order valence-corrected chi connectivity index (χ0v) is 12.7. The molecule has 0 unspecified atom stereocenters. The summed E-state index contributed by atoms with van der Waals surface area (Å²) in [6, 6.07) is 4.54. The van der Waals surface area contributed by atoms with E-state index in [9.17, 15) is 0 Å². The Kier molecular flexibility index (Phi) is 9.29. The van der Waals surface area contributed by atoms with Gasteiger partial charge in [-0.05, 0) is 32.9 Å². The Balaban J connectivity index is 0.000000659. The van der Waals surface area contributed by atoms with Gasteiger partial charge in [-0.15, -0.1) is 0 Å². The highest BCUT2D eigenvalue weighted by atomic mass is 16.5. The molecule has 1 saturated carbocycles. The number of hydrogen-bond acceptors (Lipinski definition) is 3. The third kappa shape index (κ3) is 5.50. The molecule has 0 spiro atoms. The first-order valence-electron chi connectivity index (χ1n) is 7.04. The molecule has 1 fully saturated rings. The fourth-order valence-corrected chi connectivity index (χ4v) is 1.68. The van der Waals surface area contributed by atoms with Crippen molar-refractivity contribution in [1.82, 2.24) is 10.3 Å². The maximum Gasteiger partial charge on any atom is 0.123 e. The lowest BCUT2D eigenvalue weighted by Crippen LogP contribution is -2.45. The van der Waals surface area contributed by atoms with Gasteiger partial charge in [-0.3, -0.25) is 4.98 Å². The van der Waals surface area contributed by atoms with Crippen LogP contribution in [0.1, 0.15) is 46.2 Å². The molecule has 1 heterocycles. The molecule has 1 aliphatic carbocycles. The minimum Gasteiger partial charge on any atom is -0.490 e. The maximum atomic E-state index is 5.78. The molecule has 0 aromatic carbocycles. The third-order valence-corrected chi connectivity index (χ3v) is 2.67. The van der Waals surface area contributed by atoms with Gasteiger partial charge in [0.25, 0.3) is 0 Å². The monoisotopic (exact) mass is 252 g/mol. The molecule has 1 aromatic heterocycles. The van der Waals surface area contributed by atoms with Crippen LogP contribution >= 0.6 is 0 Å². The van der Waals surface area contributed by atoms with Crippen LogP contribution in [0.5, 0.6) is 5.75 Å². The Labute approximate surface area is 112 Å². The van der Waals surface area contributed by atoms with Crippen molar-refractivity contribution < 1.29 is 4.74 Å². The number of hydrogen-bond donors (Lipinski definition) is 1. The molecule has 2 rings (SSSR count). The van der Waals surface area contributed by atoms with Crippen molar-refractivity contribution in [2.24, 2.45) is 0 Å². The predicted molar refractivity (Wildman–Crippen MR) is 78.2 cm³/mol. The smallest absolute Gasteiger partial charge is 0.123 e. The fraction of sp³-hybridized carbons (Fsp3) is 0.667. The van der Waals surface area contributed by atoms with E-state index in [0.717, 1.165) is 24.3 Å². The van der Waals surface area contributed by atoms with Crippen LogP contribution in [0.3, 0.4) is 0 Å². The molecule has 1 aromatic rings. The van der Waals surface area contributed by atoms with Crippen LogP contribution in [0.15, 0.2) is 18.3 Å². The highest BCUT2D eigenvalue weighted by molar-refractivity contribution is 5.22. The fourth-order valence-electron chi connectivity index (χ4n) is 1.68. The first-order valence-corrected chi connectivity index (χ1v) is 7.04. The Morgan fingerprint density at radius 1 is 1.22 bits per heavy atom. The average Bonchev–Trinajstić information content (AvgIpc) is 2.38. The van der Waals surface area contributed by atoms with Crippen molar-refractivity contribution in [3.63, 3.8) is 0 Å². The summed E-state index contributed by atoms with van der Waals surface area (Å²) < 4.78 is 5.78. The summed E-state index contributed by atoms with van der Waals surface area (Å²) in [5.74, 6) is 0.942. The summed E-state index contributed by atoms with van der Waals surface area (Å²) in [6.45, 7) is 9.98. The molecule has 104 valence electrons. The van der Waals surface area contributed by atoms with Gasteiger partial charge in [-0.2, -0.15) is 0 Å². The Morgan fingerprint density at radius 2 is 1.83 bits per heavy atom. The summed E-state index contributed by atoms with van der Waals surface area (Å²) in [5, 5.41) is 3.24. The van der Waals surface area contributed by atoms with Crippen LogP contribution in [-0.4, -0.2) is 24.2 Å². The topological polar surface area (TPSA) is 34.1 Å². The summed E-state index contributed by atoms with van der Waals surface area (Å²) in [4.78, 5) is 4.13. The molecule has 1 aliphatic rings. The van der Waals surface area contributed by atoms with E-state index in [4.69, 9.17) is 4.74 Å². The molecular formula is C15H28N2O. The first kappa shape index (κ1) is 16.9. The van der Waals surface area contributed by atoms with E-state index in [1.54, 1.807) is 6.20 Å². The van der Waals surface area contributed by atoms with Gasteiger partial charge in [0.2, 0.25) is 0 Å². The van der Waals surface area contributed by atoms with Gasteiger partial charge in [0.15, 0.2) is 0 Å². The number of aromatic nitrogens is 1. The molecule has 0 saturated heterocycles. The van der Waals surface area contributed by atoms with Crippen molar-refractivity contribution in [3.05, 3.63) is 24.0 Å². The van der Waals surface area contributed by atoms with Gasteiger partial charge < -0.3 is 10.1 Å². The standard InChI is InChI=1S/C11H16N2O.2C2H6/c1-8-5-10(3-4-13-8)14-11-6-9(7-11)12-2;2*1-2/h3-5,9,11-12H,6-7H2,1-2H3;2*1-2H3. The second-order valence-corrected chi connectivity index (χ2v) is 3.83. The Morgan fingerprint density at radius 3 is 2.33 bits per heavy atom. The largest absolute Gasteiger partial charge is 0.490 e. The zero-order valence-electron chi connectivity index (χ0n) is 12.7. The van der Waals surface area contributed by atoms with Crippen LogP contribution in [0.2, 0.25) is 0 Å². The van der Waals surface area contributed by atoms with Crippen LogP contribution in [-0.2, 0) is 0 Å². The first-order chi connectivity index (χ1) is 8.78. The highest BCUT2D eigenvalue weighted by Crippen LogP contribution is 2.25. The number of nitrogens with zero attached hydrogens (tertiary/aromatic N) is 1. The summed E-state index contributed by atoms with van der Waals surface area (Å²) in [7, 11) is 2.00. The molecular weight excluding hydrogens is 224 g/mol. The minimum atomic E-state index is 0.384. The van der Waals surface area contributed by atoms with E-state index in [1.807, 2.05) is 53.8 Å². The minimum absolute atomic E-state index is 0.384. The zero-order chi connectivity index (χ0) is 14.0. The van der Waals surface area contributed by atoms with E-state index in [2.05, 4.69) is 10.3 Å². The van der Waals surface area contributed by atoms with Crippen molar-refractivity contribution in [2.45, 2.75) is 59.6 Å². The van der Waals surface area contributed by atoms with E-state index >= 15 is 0 Å². The normalized spacial score (nSPS) is 20.6. The molecule has 0 aliphatic heterocycles. The van der Waals surface area contributed by atoms with Crippen LogP contribution in [0.25, 0.3) is 0 Å². The lowest BCUT2D eigenvalue weighted by atomic mass is 9.89. The SMILES string of the molecule is CC.CC.CNC1CC(Oc2ccnc(C)c2)C1. The highest BCUT2D eigenvalue weighted by Gasteiger charge is 2.29. The van der Waals surface area contributed by atoms with Crippen LogP contribution < -0.4 is 10.1 Å². The van der Waals surface area contributed by atoms with Crippen molar-refractivity contribution >= 4 is 0 Å². The maximum absolute atomic E-state index is 5.78. The van der Waals surface area contributed by atoms with Gasteiger partial charge in [-0.25, -0.2) is 0 Å². The molecule has 0 radical (unpaired) electrons. The van der Waals surface area contributed by atoms with E-state index in [-0.39, 0.29) is 0 Å². The second kappa shape index (κ2) is 9.89. The summed E-state index contributed by atoms with van der Waals surface area (Å²) in [6.07, 6.45) is 4.39. The van der Waals surface area contributed by atoms with Gasteiger partial charge >= 0.3 is 0 Å². The van der Waals surface area contributed by atoms with Crippen molar-refractivity contribution in [3.8, 4) is 5.75 Å². The van der Waals surface area contributed by atoms with Gasteiger partial charge in [0.05, 0.1) is 0 Å². The number of aryl methyl sites for hydroxylation is 1. The lowest BCUT2D eigenvalue weighted by Gasteiger charge is -2.35. The number of rotatable bonds is 3. The Bertz CT molecular complexity index is 309. The van der Waals surface area contributed by atoms with Gasteiger partial charge in [0, 0.05) is 24.0 Å². The van der Waals surface area contributed by atoms with E-state index < -0.39 is 0 Å². The molecule has 18 heavy (non-hydrogen) atoms. The number of pyridine rings is 1. The molecule has 3 nitrogen and oxygen atoms in total. The molecule has 0 bridgehead atoms. The van der Waals surface area contributed by atoms with E-state index in [0.29, 0.717) is 12.1 Å². The third-order valence-electron chi connectivity index (χ3n) is 2.67. The number of nitrogens with one attached hydrogen (secondary N) is 1. The lowest BCUT2D eigenvalue weighted by molar-refractivity contribution is 0.0883. The quantitative estimate of drug-likeness (QED) is 0.893. The second-order valence-electron chi connectivity index (χ2n) is 3.83. The molecule has 0 amide bonds. The molecule has 0 atom stereocenters. The summed E-state index contributed by atoms with van der Waals surface area (Å²) in [5.41, 5.74) is 1.01. The van der Waals surface area contributed by atoms with Crippen LogP contribution in [0.4, 0.5) is 0 Å². The average molecular weight is 252 g/mol. The summed E-state index contributed by atoms with van der Waals surface area (Å²) >= 11 is 0. The van der Waals surface area contributed by atoms with Gasteiger partial charge in [-0.1, -0.05) is 27.7 Å². The number of ether oxygens (including phenoxy) is 1. The van der Waals surface area contributed by atoms with Gasteiger partial charge in [0.1, 0.15) is 11.9 Å². The molecule has 1 N–H and O–H groups in total. The predicted octanol–water partition coefficient (Wildman–Crippen LogP) is 3.57. The Hall–Kier alpha value is -1.09. The van der Waals surface area contributed by atoms with Crippen molar-refractivity contribution in [2.75, 3.05) is 7.05 Å². The van der Waals surface area contributed by atoms with E-state index in [1.165, 1.54) is 0 Å².